The highest BCUT2D eigenvalue weighted by molar-refractivity contribution is 6.52. The van der Waals surface area contributed by atoms with Crippen LogP contribution in [0.4, 0.5) is 0 Å². The Morgan fingerprint density at radius 2 is 0.773 bits per heavy atom. The van der Waals surface area contributed by atoms with Crippen LogP contribution in [-0.2, 0) is 0 Å². The third-order valence-corrected chi connectivity index (χ3v) is 4.10. The van der Waals surface area contributed by atoms with Crippen molar-refractivity contribution < 1.29 is 0 Å². The summed E-state index contributed by atoms with van der Waals surface area (Å²) in [6, 6.07) is 8.33. The minimum atomic E-state index is 0.310. The van der Waals surface area contributed by atoms with Gasteiger partial charge in [-0.2, -0.15) is 0 Å². The van der Waals surface area contributed by atoms with E-state index in [2.05, 4.69) is 38.1 Å². The topological polar surface area (TPSA) is 47.7 Å². The molecule has 0 unspecified atom stereocenters. The van der Waals surface area contributed by atoms with Crippen molar-refractivity contribution >= 4 is 11.4 Å². The first-order chi connectivity index (χ1) is 10.2. The van der Waals surface area contributed by atoms with Crippen molar-refractivity contribution in [1.82, 2.24) is 0 Å². The molecule has 0 saturated heterocycles. The first-order valence-corrected chi connectivity index (χ1v) is 7.56. The summed E-state index contributed by atoms with van der Waals surface area (Å²) < 4.78 is 0. The summed E-state index contributed by atoms with van der Waals surface area (Å²) >= 11 is 0. The van der Waals surface area contributed by atoms with Gasteiger partial charge in [0.15, 0.2) is 0 Å². The molecule has 2 aromatic carbocycles. The maximum Gasteiger partial charge on any atom is 0.0873 e. The Kier molecular flexibility index (Phi) is 4.32. The van der Waals surface area contributed by atoms with E-state index in [0.29, 0.717) is 11.4 Å². The van der Waals surface area contributed by atoms with Crippen LogP contribution in [0.25, 0.3) is 0 Å². The second kappa shape index (κ2) is 5.88. The normalized spacial score (nSPS) is 10.6. The number of benzene rings is 2. The van der Waals surface area contributed by atoms with Gasteiger partial charge < -0.3 is 0 Å². The van der Waals surface area contributed by atoms with E-state index in [-0.39, 0.29) is 0 Å². The molecule has 0 fully saturated rings. The maximum absolute atomic E-state index is 8.55. The predicted octanol–water partition coefficient (Wildman–Crippen LogP) is 4.97. The summed E-state index contributed by atoms with van der Waals surface area (Å²) in [6.45, 7) is 12.2. The van der Waals surface area contributed by atoms with E-state index in [1.165, 1.54) is 11.1 Å². The summed E-state index contributed by atoms with van der Waals surface area (Å²) in [6.07, 6.45) is 0. The minimum Gasteiger partial charge on any atom is -0.298 e. The number of nitrogens with one attached hydrogen (secondary N) is 2. The molecule has 0 saturated carbocycles. The first kappa shape index (κ1) is 16.2. The molecule has 22 heavy (non-hydrogen) atoms. The summed E-state index contributed by atoms with van der Waals surface area (Å²) in [5, 5.41) is 17.1. The molecule has 0 spiro atoms. The lowest BCUT2D eigenvalue weighted by Crippen LogP contribution is -2.19. The van der Waals surface area contributed by atoms with Crippen molar-refractivity contribution in [3.8, 4) is 0 Å². The highest BCUT2D eigenvalue weighted by Gasteiger charge is 2.18. The lowest BCUT2D eigenvalue weighted by atomic mass is 9.88. The number of aryl methyl sites for hydroxylation is 6. The van der Waals surface area contributed by atoms with Crippen LogP contribution in [0.2, 0.25) is 0 Å². The SMILES string of the molecule is Cc1cc(C)c(C(=N)C(=N)c2c(C)cc(C)cc2C)c(C)c1. The highest BCUT2D eigenvalue weighted by atomic mass is 14.5. The van der Waals surface area contributed by atoms with Crippen LogP contribution >= 0.6 is 0 Å². The van der Waals surface area contributed by atoms with Gasteiger partial charge in [0.1, 0.15) is 0 Å². The van der Waals surface area contributed by atoms with Crippen molar-refractivity contribution in [3.05, 3.63) is 68.8 Å². The second-order valence-electron chi connectivity index (χ2n) is 6.30. The first-order valence-electron chi connectivity index (χ1n) is 7.56. The number of hydrogen-bond acceptors (Lipinski definition) is 2. The van der Waals surface area contributed by atoms with Crippen LogP contribution in [0.3, 0.4) is 0 Å². The lowest BCUT2D eigenvalue weighted by Gasteiger charge is -2.17. The van der Waals surface area contributed by atoms with Gasteiger partial charge in [-0.25, -0.2) is 0 Å². The van der Waals surface area contributed by atoms with Crippen LogP contribution < -0.4 is 0 Å². The predicted molar refractivity (Wildman–Crippen MR) is 95.0 cm³/mol. The van der Waals surface area contributed by atoms with Crippen LogP contribution in [0, 0.1) is 52.4 Å². The van der Waals surface area contributed by atoms with Gasteiger partial charge in [0, 0.05) is 11.1 Å². The van der Waals surface area contributed by atoms with E-state index >= 15 is 0 Å². The molecular weight excluding hydrogens is 268 g/mol. The minimum absolute atomic E-state index is 0.310. The maximum atomic E-state index is 8.55. The average Bonchev–Trinajstić information content (AvgIpc) is 2.35. The molecule has 2 aromatic rings. The van der Waals surface area contributed by atoms with Crippen LogP contribution in [0.15, 0.2) is 24.3 Å². The van der Waals surface area contributed by atoms with Gasteiger partial charge in [0.2, 0.25) is 0 Å². The Balaban J connectivity index is 2.54. The Morgan fingerprint density at radius 3 is 1.00 bits per heavy atom. The number of rotatable bonds is 3. The molecule has 114 valence electrons. The zero-order valence-electron chi connectivity index (χ0n) is 14.3. The Labute approximate surface area is 133 Å². The molecule has 0 heterocycles. The number of hydrogen-bond donors (Lipinski definition) is 2. The van der Waals surface area contributed by atoms with E-state index in [4.69, 9.17) is 10.8 Å². The molecule has 0 atom stereocenters. The van der Waals surface area contributed by atoms with E-state index in [0.717, 1.165) is 33.4 Å². The molecule has 0 amide bonds. The molecule has 2 heteroatoms. The Hall–Kier alpha value is -2.22. The van der Waals surface area contributed by atoms with Gasteiger partial charge in [-0.1, -0.05) is 35.4 Å². The average molecular weight is 292 g/mol. The van der Waals surface area contributed by atoms with Crippen LogP contribution in [0.5, 0.6) is 0 Å². The van der Waals surface area contributed by atoms with Gasteiger partial charge in [0.25, 0.3) is 0 Å². The van der Waals surface area contributed by atoms with Crippen LogP contribution in [-0.4, -0.2) is 11.4 Å². The highest BCUT2D eigenvalue weighted by Crippen LogP contribution is 2.22. The van der Waals surface area contributed by atoms with E-state index in [9.17, 15) is 0 Å². The van der Waals surface area contributed by atoms with Crippen molar-refractivity contribution in [2.24, 2.45) is 0 Å². The van der Waals surface area contributed by atoms with E-state index in [1.807, 2.05) is 27.7 Å². The second-order valence-corrected chi connectivity index (χ2v) is 6.30. The molecular formula is C20H24N2. The molecule has 0 radical (unpaired) electrons. The quantitative estimate of drug-likeness (QED) is 0.750. The van der Waals surface area contributed by atoms with Gasteiger partial charge in [-0.3, -0.25) is 10.8 Å². The molecule has 2 rings (SSSR count). The third kappa shape index (κ3) is 2.87. The van der Waals surface area contributed by atoms with Gasteiger partial charge in [-0.05, 0) is 63.8 Å². The zero-order valence-corrected chi connectivity index (χ0v) is 14.3. The fourth-order valence-corrected chi connectivity index (χ4v) is 3.40. The zero-order chi connectivity index (χ0) is 16.6. The Bertz CT molecular complexity index is 669. The monoisotopic (exact) mass is 292 g/mol. The van der Waals surface area contributed by atoms with Crippen molar-refractivity contribution in [3.63, 3.8) is 0 Å². The molecule has 2 nitrogen and oxygen atoms in total. The standard InChI is InChI=1S/C20H24N2/c1-11-7-13(3)17(14(4)8-11)19(21)20(22)18-15(5)9-12(2)10-16(18)6/h7-10,21-22H,1-6H3. The van der Waals surface area contributed by atoms with Crippen molar-refractivity contribution in [2.45, 2.75) is 41.5 Å². The smallest absolute Gasteiger partial charge is 0.0873 e. The molecule has 0 aliphatic carbocycles. The molecule has 0 bridgehead atoms. The molecule has 2 N–H and O–H groups in total. The van der Waals surface area contributed by atoms with E-state index in [1.54, 1.807) is 0 Å². The van der Waals surface area contributed by atoms with Crippen molar-refractivity contribution in [2.75, 3.05) is 0 Å². The van der Waals surface area contributed by atoms with E-state index < -0.39 is 0 Å². The lowest BCUT2D eigenvalue weighted by molar-refractivity contribution is 1.27. The molecule has 0 aromatic heterocycles. The van der Waals surface area contributed by atoms with Crippen molar-refractivity contribution in [1.29, 1.82) is 10.8 Å². The fourth-order valence-electron chi connectivity index (χ4n) is 3.40. The summed E-state index contributed by atoms with van der Waals surface area (Å²) in [5.74, 6) is 0. The third-order valence-electron chi connectivity index (χ3n) is 4.10. The largest absolute Gasteiger partial charge is 0.298 e. The summed E-state index contributed by atoms with van der Waals surface area (Å²) in [7, 11) is 0. The summed E-state index contributed by atoms with van der Waals surface area (Å²) in [5.41, 5.74) is 9.04. The molecule has 0 aliphatic heterocycles. The van der Waals surface area contributed by atoms with Gasteiger partial charge in [-0.15, -0.1) is 0 Å². The Morgan fingerprint density at radius 1 is 0.545 bits per heavy atom. The van der Waals surface area contributed by atoms with Gasteiger partial charge in [0.05, 0.1) is 11.4 Å². The fraction of sp³-hybridized carbons (Fsp3) is 0.300. The molecule has 0 aliphatic rings. The van der Waals surface area contributed by atoms with Gasteiger partial charge >= 0.3 is 0 Å². The van der Waals surface area contributed by atoms with Crippen LogP contribution in [0.1, 0.15) is 44.5 Å². The summed E-state index contributed by atoms with van der Waals surface area (Å²) in [4.78, 5) is 0.